The smallest absolute Gasteiger partial charge is 0.229 e. The van der Waals surface area contributed by atoms with E-state index in [1.807, 2.05) is 44.2 Å². The van der Waals surface area contributed by atoms with Gasteiger partial charge >= 0.3 is 0 Å². The van der Waals surface area contributed by atoms with Gasteiger partial charge in [-0.3, -0.25) is 4.79 Å². The third-order valence-electron chi connectivity index (χ3n) is 4.27. The van der Waals surface area contributed by atoms with Crippen LogP contribution in [0.2, 0.25) is 0 Å². The lowest BCUT2D eigenvalue weighted by Crippen LogP contribution is -2.41. The van der Waals surface area contributed by atoms with Crippen LogP contribution in [0.5, 0.6) is 5.75 Å². The molecule has 6 nitrogen and oxygen atoms in total. The van der Waals surface area contributed by atoms with Crippen LogP contribution in [-0.2, 0) is 4.79 Å². The number of nitrogens with zero attached hydrogens (tertiary/aromatic N) is 3. The highest BCUT2D eigenvalue weighted by Crippen LogP contribution is 2.23. The second kappa shape index (κ2) is 7.96. The molecule has 25 heavy (non-hydrogen) atoms. The predicted molar refractivity (Wildman–Crippen MR) is 97.9 cm³/mol. The predicted octanol–water partition coefficient (Wildman–Crippen LogP) is 3.04. The molecule has 1 aliphatic rings. The molecule has 1 fully saturated rings. The fourth-order valence-electron chi connectivity index (χ4n) is 3.04. The van der Waals surface area contributed by atoms with Crippen LogP contribution in [0.15, 0.2) is 36.5 Å². The van der Waals surface area contributed by atoms with Gasteiger partial charge in [0.1, 0.15) is 5.75 Å². The Hall–Kier alpha value is -2.63. The summed E-state index contributed by atoms with van der Waals surface area (Å²) >= 11 is 0. The van der Waals surface area contributed by atoms with Crippen molar-refractivity contribution >= 4 is 17.5 Å². The van der Waals surface area contributed by atoms with Crippen molar-refractivity contribution in [2.75, 3.05) is 29.9 Å². The molecule has 2 heterocycles. The number of benzene rings is 1. The second-order valence-electron chi connectivity index (χ2n) is 6.23. The number of anilines is 2. The number of aromatic nitrogens is 2. The molecule has 0 saturated carbocycles. The molecular formula is C19H24N4O2. The largest absolute Gasteiger partial charge is 0.494 e. The van der Waals surface area contributed by atoms with Crippen LogP contribution >= 0.6 is 0 Å². The Morgan fingerprint density at radius 2 is 2.28 bits per heavy atom. The van der Waals surface area contributed by atoms with Gasteiger partial charge in [0, 0.05) is 36.7 Å². The molecule has 1 N–H and O–H groups in total. The molecule has 0 spiro atoms. The maximum Gasteiger partial charge on any atom is 0.229 e. The molecule has 0 unspecified atom stereocenters. The monoisotopic (exact) mass is 340 g/mol. The Balaban J connectivity index is 1.65. The molecule has 1 aliphatic heterocycles. The topological polar surface area (TPSA) is 67.3 Å². The molecule has 6 heteroatoms. The Morgan fingerprint density at radius 1 is 1.40 bits per heavy atom. The molecule has 1 atom stereocenters. The number of nitrogens with one attached hydrogen (secondary N) is 1. The van der Waals surface area contributed by atoms with Crippen molar-refractivity contribution in [2.24, 2.45) is 5.92 Å². The van der Waals surface area contributed by atoms with Crippen molar-refractivity contribution in [1.82, 2.24) is 9.97 Å². The minimum atomic E-state index is -0.0754. The van der Waals surface area contributed by atoms with Crippen molar-refractivity contribution in [3.8, 4) is 5.75 Å². The van der Waals surface area contributed by atoms with Crippen LogP contribution in [0.1, 0.15) is 25.5 Å². The number of aryl methyl sites for hydroxylation is 1. The number of ether oxygens (including phenoxy) is 1. The van der Waals surface area contributed by atoms with Gasteiger partial charge in [-0.25, -0.2) is 9.97 Å². The molecule has 2 aromatic rings. The number of hydrogen-bond acceptors (Lipinski definition) is 5. The average molecular weight is 340 g/mol. The molecule has 1 aromatic heterocycles. The standard InChI is InChI=1S/C19H24N4O2/c1-3-25-17-8-4-7-16(12-17)22-18(24)15-6-5-11-23(13-15)19-20-10-9-14(2)21-19/h4,7-10,12,15H,3,5-6,11,13H2,1-2H3,(H,22,24)/t15-/m1/s1. The number of piperidine rings is 1. The van der Waals surface area contributed by atoms with E-state index in [1.54, 1.807) is 6.20 Å². The molecule has 0 bridgehead atoms. The fraction of sp³-hybridized carbons (Fsp3) is 0.421. The first-order valence-electron chi connectivity index (χ1n) is 8.74. The normalized spacial score (nSPS) is 17.2. The maximum absolute atomic E-state index is 12.7. The summed E-state index contributed by atoms with van der Waals surface area (Å²) in [6, 6.07) is 9.38. The van der Waals surface area contributed by atoms with E-state index >= 15 is 0 Å². The summed E-state index contributed by atoms with van der Waals surface area (Å²) in [6.45, 7) is 6.01. The molecule has 1 aromatic carbocycles. The van der Waals surface area contributed by atoms with Crippen LogP contribution in [0.25, 0.3) is 0 Å². The van der Waals surface area contributed by atoms with E-state index in [4.69, 9.17) is 4.74 Å². The summed E-state index contributed by atoms with van der Waals surface area (Å²) in [6.07, 6.45) is 3.59. The summed E-state index contributed by atoms with van der Waals surface area (Å²) in [5.41, 5.74) is 1.70. The lowest BCUT2D eigenvalue weighted by atomic mass is 9.97. The van der Waals surface area contributed by atoms with E-state index < -0.39 is 0 Å². The highest BCUT2D eigenvalue weighted by molar-refractivity contribution is 5.93. The Morgan fingerprint density at radius 3 is 3.08 bits per heavy atom. The van der Waals surface area contributed by atoms with Gasteiger partial charge in [0.25, 0.3) is 0 Å². The highest BCUT2D eigenvalue weighted by Gasteiger charge is 2.27. The van der Waals surface area contributed by atoms with E-state index in [9.17, 15) is 4.79 Å². The Kier molecular flexibility index (Phi) is 5.48. The van der Waals surface area contributed by atoms with Crippen molar-refractivity contribution in [3.05, 3.63) is 42.2 Å². The lowest BCUT2D eigenvalue weighted by molar-refractivity contribution is -0.120. The molecular weight excluding hydrogens is 316 g/mol. The summed E-state index contributed by atoms with van der Waals surface area (Å²) < 4.78 is 5.48. The third-order valence-corrected chi connectivity index (χ3v) is 4.27. The van der Waals surface area contributed by atoms with Crippen LogP contribution in [0, 0.1) is 12.8 Å². The van der Waals surface area contributed by atoms with E-state index in [0.29, 0.717) is 19.1 Å². The zero-order valence-corrected chi connectivity index (χ0v) is 14.7. The van der Waals surface area contributed by atoms with Crippen LogP contribution < -0.4 is 15.0 Å². The summed E-state index contributed by atoms with van der Waals surface area (Å²) in [4.78, 5) is 23.6. The molecule has 0 aliphatic carbocycles. The average Bonchev–Trinajstić information content (AvgIpc) is 2.62. The van der Waals surface area contributed by atoms with Gasteiger partial charge in [0.2, 0.25) is 11.9 Å². The fourth-order valence-corrected chi connectivity index (χ4v) is 3.04. The van der Waals surface area contributed by atoms with Gasteiger partial charge in [0.15, 0.2) is 0 Å². The van der Waals surface area contributed by atoms with Gasteiger partial charge in [-0.05, 0) is 44.9 Å². The SMILES string of the molecule is CCOc1cccc(NC(=O)[C@@H]2CCCN(c3nccc(C)n3)C2)c1. The molecule has 132 valence electrons. The highest BCUT2D eigenvalue weighted by atomic mass is 16.5. The molecule has 3 rings (SSSR count). The maximum atomic E-state index is 12.7. The quantitative estimate of drug-likeness (QED) is 0.906. The van der Waals surface area contributed by atoms with Gasteiger partial charge < -0.3 is 15.0 Å². The number of rotatable bonds is 5. The van der Waals surface area contributed by atoms with E-state index in [1.165, 1.54) is 0 Å². The minimum absolute atomic E-state index is 0.0333. The first-order valence-corrected chi connectivity index (χ1v) is 8.74. The lowest BCUT2D eigenvalue weighted by Gasteiger charge is -2.32. The summed E-state index contributed by atoms with van der Waals surface area (Å²) in [5.74, 6) is 1.43. The van der Waals surface area contributed by atoms with Gasteiger partial charge in [-0.2, -0.15) is 0 Å². The third kappa shape index (κ3) is 4.47. The van der Waals surface area contributed by atoms with Crippen molar-refractivity contribution < 1.29 is 9.53 Å². The Bertz CT molecular complexity index is 735. The van der Waals surface area contributed by atoms with E-state index in [0.717, 1.165) is 36.5 Å². The molecule has 1 saturated heterocycles. The number of amides is 1. The van der Waals surface area contributed by atoms with E-state index in [2.05, 4.69) is 20.2 Å². The second-order valence-corrected chi connectivity index (χ2v) is 6.23. The molecule has 0 radical (unpaired) electrons. The minimum Gasteiger partial charge on any atom is -0.494 e. The summed E-state index contributed by atoms with van der Waals surface area (Å²) in [5, 5.41) is 3.01. The molecule has 1 amide bonds. The number of carbonyl (C=O) groups excluding carboxylic acids is 1. The first kappa shape index (κ1) is 17.2. The van der Waals surface area contributed by atoms with Crippen LogP contribution in [0.3, 0.4) is 0 Å². The zero-order chi connectivity index (χ0) is 17.6. The number of hydrogen-bond donors (Lipinski definition) is 1. The van der Waals surface area contributed by atoms with Gasteiger partial charge in [0.05, 0.1) is 12.5 Å². The van der Waals surface area contributed by atoms with Crippen molar-refractivity contribution in [2.45, 2.75) is 26.7 Å². The summed E-state index contributed by atoms with van der Waals surface area (Å²) in [7, 11) is 0. The number of carbonyl (C=O) groups is 1. The van der Waals surface area contributed by atoms with Crippen molar-refractivity contribution in [1.29, 1.82) is 0 Å². The van der Waals surface area contributed by atoms with Gasteiger partial charge in [-0.1, -0.05) is 6.07 Å². The van der Waals surface area contributed by atoms with Crippen molar-refractivity contribution in [3.63, 3.8) is 0 Å². The first-order chi connectivity index (χ1) is 12.2. The van der Waals surface area contributed by atoms with Crippen LogP contribution in [0.4, 0.5) is 11.6 Å². The Labute approximate surface area is 148 Å². The van der Waals surface area contributed by atoms with Crippen LogP contribution in [-0.4, -0.2) is 35.6 Å². The zero-order valence-electron chi connectivity index (χ0n) is 14.7. The van der Waals surface area contributed by atoms with E-state index in [-0.39, 0.29) is 11.8 Å². The van der Waals surface area contributed by atoms with Gasteiger partial charge in [-0.15, -0.1) is 0 Å².